The molecular weight excluding hydrogens is 262 g/mol. The van der Waals surface area contributed by atoms with E-state index in [1.54, 1.807) is 11.3 Å². The first kappa shape index (κ1) is 13.6. The second-order valence-corrected chi connectivity index (χ2v) is 5.42. The summed E-state index contributed by atoms with van der Waals surface area (Å²) in [4.78, 5) is 16.0. The second-order valence-electron chi connectivity index (χ2n) is 4.35. The highest BCUT2D eigenvalue weighted by Gasteiger charge is 2.12. The monoisotopic (exact) mass is 279 g/mol. The summed E-state index contributed by atoms with van der Waals surface area (Å²) in [5, 5.41) is 8.53. The third-order valence-corrected chi connectivity index (χ3v) is 3.45. The lowest BCUT2D eigenvalue weighted by molar-refractivity contribution is 0.235. The molecule has 19 heavy (non-hydrogen) atoms. The summed E-state index contributed by atoms with van der Waals surface area (Å²) >= 11 is 1.57. The maximum Gasteiger partial charge on any atom is 0.315 e. The summed E-state index contributed by atoms with van der Waals surface area (Å²) < 4.78 is 5.46. The van der Waals surface area contributed by atoms with E-state index in [9.17, 15) is 4.79 Å². The standard InChI is InChI=1S/C13H17N3O2S/c1-8-4-5-12(18-8)9(2)15-13(17)14-6-11-7-19-10(3)16-11/h4-5,7,9H,6H2,1-3H3,(H2,14,15,17)/t9-/m1/s1. The number of urea groups is 1. The van der Waals surface area contributed by atoms with Gasteiger partial charge in [0.25, 0.3) is 0 Å². The highest BCUT2D eigenvalue weighted by atomic mass is 32.1. The van der Waals surface area contributed by atoms with E-state index < -0.39 is 0 Å². The minimum atomic E-state index is -0.229. The van der Waals surface area contributed by atoms with Crippen molar-refractivity contribution >= 4 is 17.4 Å². The van der Waals surface area contributed by atoms with Crippen LogP contribution in [0.1, 0.15) is 35.2 Å². The number of hydrogen-bond donors (Lipinski definition) is 2. The molecule has 6 heteroatoms. The van der Waals surface area contributed by atoms with Gasteiger partial charge in [-0.1, -0.05) is 0 Å². The van der Waals surface area contributed by atoms with Gasteiger partial charge in [-0.2, -0.15) is 0 Å². The minimum Gasteiger partial charge on any atom is -0.464 e. The number of thiazole rings is 1. The summed E-state index contributed by atoms with van der Waals surface area (Å²) in [7, 11) is 0. The van der Waals surface area contributed by atoms with Crippen molar-refractivity contribution < 1.29 is 9.21 Å². The van der Waals surface area contributed by atoms with Crippen LogP contribution in [0.3, 0.4) is 0 Å². The smallest absolute Gasteiger partial charge is 0.315 e. The van der Waals surface area contributed by atoms with E-state index in [1.807, 2.05) is 38.3 Å². The van der Waals surface area contributed by atoms with Crippen LogP contribution < -0.4 is 10.6 Å². The van der Waals surface area contributed by atoms with Gasteiger partial charge < -0.3 is 15.1 Å². The molecule has 0 saturated carbocycles. The summed E-state index contributed by atoms with van der Waals surface area (Å²) in [6, 6.07) is 3.35. The van der Waals surface area contributed by atoms with Crippen LogP contribution >= 0.6 is 11.3 Å². The molecular formula is C13H17N3O2S. The molecule has 0 unspecified atom stereocenters. The number of carbonyl (C=O) groups is 1. The van der Waals surface area contributed by atoms with Crippen molar-refractivity contribution in [2.24, 2.45) is 0 Å². The first-order valence-corrected chi connectivity index (χ1v) is 6.94. The molecule has 2 heterocycles. The van der Waals surface area contributed by atoms with Crippen molar-refractivity contribution in [3.05, 3.63) is 39.7 Å². The first-order chi connectivity index (χ1) is 9.04. The van der Waals surface area contributed by atoms with E-state index in [0.717, 1.165) is 22.2 Å². The highest BCUT2D eigenvalue weighted by Crippen LogP contribution is 2.15. The Morgan fingerprint density at radius 3 is 2.84 bits per heavy atom. The molecule has 2 rings (SSSR count). The molecule has 1 atom stereocenters. The van der Waals surface area contributed by atoms with Crippen molar-refractivity contribution in [3.63, 3.8) is 0 Å². The van der Waals surface area contributed by atoms with Gasteiger partial charge in [0.05, 0.1) is 23.3 Å². The van der Waals surface area contributed by atoms with Crippen molar-refractivity contribution in [2.45, 2.75) is 33.4 Å². The SMILES string of the molecule is Cc1ccc([C@@H](C)NC(=O)NCc2csc(C)n2)o1. The number of furan rings is 1. The summed E-state index contributed by atoms with van der Waals surface area (Å²) in [5.41, 5.74) is 0.874. The van der Waals surface area contributed by atoms with Gasteiger partial charge in [0.15, 0.2) is 0 Å². The van der Waals surface area contributed by atoms with Crippen LogP contribution in [0, 0.1) is 13.8 Å². The number of aryl methyl sites for hydroxylation is 2. The Morgan fingerprint density at radius 2 is 2.26 bits per heavy atom. The van der Waals surface area contributed by atoms with Crippen molar-refractivity contribution in [1.82, 2.24) is 15.6 Å². The van der Waals surface area contributed by atoms with Gasteiger partial charge in [0.1, 0.15) is 11.5 Å². The Hall–Kier alpha value is -1.82. The topological polar surface area (TPSA) is 67.2 Å². The lowest BCUT2D eigenvalue weighted by atomic mass is 10.2. The maximum atomic E-state index is 11.7. The Bertz CT molecular complexity index is 562. The van der Waals surface area contributed by atoms with Crippen LogP contribution in [-0.4, -0.2) is 11.0 Å². The van der Waals surface area contributed by atoms with E-state index >= 15 is 0 Å². The third-order valence-electron chi connectivity index (χ3n) is 2.63. The quantitative estimate of drug-likeness (QED) is 0.904. The zero-order valence-corrected chi connectivity index (χ0v) is 12.0. The largest absolute Gasteiger partial charge is 0.464 e. The maximum absolute atomic E-state index is 11.7. The molecule has 0 bridgehead atoms. The Labute approximate surface area is 116 Å². The number of carbonyl (C=O) groups excluding carboxylic acids is 1. The fraction of sp³-hybridized carbons (Fsp3) is 0.385. The number of amides is 2. The van der Waals surface area contributed by atoms with Gasteiger partial charge in [0, 0.05) is 5.38 Å². The van der Waals surface area contributed by atoms with Crippen LogP contribution in [0.4, 0.5) is 4.79 Å². The van der Waals surface area contributed by atoms with E-state index in [2.05, 4.69) is 15.6 Å². The summed E-state index contributed by atoms with van der Waals surface area (Å²) in [5.74, 6) is 1.58. The van der Waals surface area contributed by atoms with Gasteiger partial charge in [-0.25, -0.2) is 9.78 Å². The minimum absolute atomic E-state index is 0.161. The number of nitrogens with zero attached hydrogens (tertiary/aromatic N) is 1. The number of nitrogens with one attached hydrogen (secondary N) is 2. The normalized spacial score (nSPS) is 12.2. The van der Waals surface area contributed by atoms with Crippen LogP contribution in [0.15, 0.2) is 21.9 Å². The van der Waals surface area contributed by atoms with E-state index in [-0.39, 0.29) is 12.1 Å². The molecule has 2 N–H and O–H groups in total. The van der Waals surface area contributed by atoms with E-state index in [1.165, 1.54) is 0 Å². The lowest BCUT2D eigenvalue weighted by Gasteiger charge is -2.12. The van der Waals surface area contributed by atoms with Crippen LogP contribution in [-0.2, 0) is 6.54 Å². The van der Waals surface area contributed by atoms with E-state index in [4.69, 9.17) is 4.42 Å². The van der Waals surface area contributed by atoms with Gasteiger partial charge in [-0.05, 0) is 32.9 Å². The number of rotatable bonds is 4. The summed E-state index contributed by atoms with van der Waals surface area (Å²) in [6.45, 7) is 6.13. The van der Waals surface area contributed by atoms with Crippen LogP contribution in [0.5, 0.6) is 0 Å². The molecule has 0 radical (unpaired) electrons. The molecule has 0 aromatic carbocycles. The molecule has 2 aromatic heterocycles. The third kappa shape index (κ3) is 3.82. The second kappa shape index (κ2) is 5.88. The van der Waals surface area contributed by atoms with Gasteiger partial charge in [-0.3, -0.25) is 0 Å². The van der Waals surface area contributed by atoms with Crippen molar-refractivity contribution in [1.29, 1.82) is 0 Å². The molecule has 2 amide bonds. The van der Waals surface area contributed by atoms with Crippen LogP contribution in [0.2, 0.25) is 0 Å². The fourth-order valence-electron chi connectivity index (χ4n) is 1.67. The van der Waals surface area contributed by atoms with Crippen molar-refractivity contribution in [2.75, 3.05) is 0 Å². The molecule has 0 aliphatic rings. The average Bonchev–Trinajstić information content (AvgIpc) is 2.95. The van der Waals surface area contributed by atoms with E-state index in [0.29, 0.717) is 6.54 Å². The Morgan fingerprint density at radius 1 is 1.47 bits per heavy atom. The molecule has 0 aliphatic carbocycles. The van der Waals surface area contributed by atoms with Gasteiger partial charge in [0.2, 0.25) is 0 Å². The predicted octanol–water partition coefficient (Wildman–Crippen LogP) is 2.91. The van der Waals surface area contributed by atoms with Gasteiger partial charge >= 0.3 is 6.03 Å². The number of hydrogen-bond acceptors (Lipinski definition) is 4. The molecule has 102 valence electrons. The molecule has 5 nitrogen and oxygen atoms in total. The van der Waals surface area contributed by atoms with Crippen LogP contribution in [0.25, 0.3) is 0 Å². The molecule has 0 aliphatic heterocycles. The zero-order chi connectivity index (χ0) is 13.8. The molecule has 0 fully saturated rings. The predicted molar refractivity (Wildman–Crippen MR) is 74.1 cm³/mol. The highest BCUT2D eigenvalue weighted by molar-refractivity contribution is 7.09. The zero-order valence-electron chi connectivity index (χ0n) is 11.2. The van der Waals surface area contributed by atoms with Gasteiger partial charge in [-0.15, -0.1) is 11.3 Å². The Kier molecular flexibility index (Phi) is 4.21. The molecule has 0 spiro atoms. The van der Waals surface area contributed by atoms with Crippen molar-refractivity contribution in [3.8, 4) is 0 Å². The fourth-order valence-corrected chi connectivity index (χ4v) is 2.28. The summed E-state index contributed by atoms with van der Waals surface area (Å²) in [6.07, 6.45) is 0. The molecule has 0 saturated heterocycles. The average molecular weight is 279 g/mol. The number of aromatic nitrogens is 1. The molecule has 2 aromatic rings. The first-order valence-electron chi connectivity index (χ1n) is 6.06. The Balaban J connectivity index is 1.81. The lowest BCUT2D eigenvalue weighted by Crippen LogP contribution is -2.36.